The van der Waals surface area contributed by atoms with Gasteiger partial charge >= 0.3 is 5.97 Å². The first kappa shape index (κ1) is 13.5. The molecule has 0 saturated carbocycles. The van der Waals surface area contributed by atoms with E-state index < -0.39 is 5.97 Å². The molecule has 0 aliphatic carbocycles. The molecule has 0 amide bonds. The molecule has 0 aromatic rings. The van der Waals surface area contributed by atoms with Crippen molar-refractivity contribution < 1.29 is 9.90 Å². The summed E-state index contributed by atoms with van der Waals surface area (Å²) in [6.45, 7) is 5.96. The Hall–Kier alpha value is -0.570. The van der Waals surface area contributed by atoms with Crippen LogP contribution in [0.3, 0.4) is 0 Å². The third kappa shape index (κ3) is 4.12. The van der Waals surface area contributed by atoms with E-state index >= 15 is 0 Å². The first-order chi connectivity index (χ1) is 7.65. The van der Waals surface area contributed by atoms with Crippen LogP contribution in [0.4, 0.5) is 0 Å². The van der Waals surface area contributed by atoms with Crippen molar-refractivity contribution in [3.63, 3.8) is 0 Å². The predicted octanol–water partition coefficient (Wildman–Crippen LogP) is 2.75. The molecule has 94 valence electrons. The number of nitrogens with zero attached hydrogens (tertiary/aromatic N) is 1. The zero-order valence-electron chi connectivity index (χ0n) is 10.6. The number of carboxylic acids is 1. The van der Waals surface area contributed by atoms with E-state index in [-0.39, 0.29) is 5.92 Å². The Morgan fingerprint density at radius 3 is 2.50 bits per heavy atom. The van der Waals surface area contributed by atoms with Gasteiger partial charge in [0.1, 0.15) is 0 Å². The zero-order valence-corrected chi connectivity index (χ0v) is 10.6. The lowest BCUT2D eigenvalue weighted by atomic mass is 9.96. The second-order valence-electron chi connectivity index (χ2n) is 5.04. The van der Waals surface area contributed by atoms with Crippen LogP contribution in [0.25, 0.3) is 0 Å². The number of hydrogen-bond acceptors (Lipinski definition) is 2. The van der Waals surface area contributed by atoms with E-state index in [4.69, 9.17) is 5.11 Å². The molecule has 1 N–H and O–H groups in total. The number of carbonyl (C=O) groups is 1. The van der Waals surface area contributed by atoms with E-state index in [1.807, 2.05) is 0 Å². The average Bonchev–Trinajstić information content (AvgIpc) is 2.14. The SMILES string of the molecule is CCCCCCCC(C)N1CC(C(=O)O)C1. The molecule has 0 aromatic heterocycles. The molecule has 1 atom stereocenters. The van der Waals surface area contributed by atoms with E-state index in [0.29, 0.717) is 6.04 Å². The van der Waals surface area contributed by atoms with Gasteiger partial charge in [-0.25, -0.2) is 0 Å². The van der Waals surface area contributed by atoms with E-state index in [9.17, 15) is 4.79 Å². The molecule has 1 saturated heterocycles. The molecule has 1 aliphatic rings. The molecule has 3 nitrogen and oxygen atoms in total. The summed E-state index contributed by atoms with van der Waals surface area (Å²) in [4.78, 5) is 12.9. The van der Waals surface area contributed by atoms with E-state index in [1.165, 1.54) is 38.5 Å². The summed E-state index contributed by atoms with van der Waals surface area (Å²) < 4.78 is 0. The van der Waals surface area contributed by atoms with Gasteiger partial charge in [0.2, 0.25) is 0 Å². The van der Waals surface area contributed by atoms with Gasteiger partial charge in [0.25, 0.3) is 0 Å². The van der Waals surface area contributed by atoms with Crippen molar-refractivity contribution in [2.24, 2.45) is 5.92 Å². The molecule has 1 unspecified atom stereocenters. The molecule has 1 rings (SSSR count). The van der Waals surface area contributed by atoms with Gasteiger partial charge < -0.3 is 5.11 Å². The van der Waals surface area contributed by atoms with Crippen LogP contribution in [0.1, 0.15) is 52.4 Å². The number of carboxylic acid groups (broad SMARTS) is 1. The van der Waals surface area contributed by atoms with Crippen LogP contribution in [-0.4, -0.2) is 35.1 Å². The van der Waals surface area contributed by atoms with Crippen LogP contribution in [0.15, 0.2) is 0 Å². The van der Waals surface area contributed by atoms with Crippen molar-refractivity contribution >= 4 is 5.97 Å². The number of likely N-dealkylation sites (tertiary alicyclic amines) is 1. The molecule has 1 fully saturated rings. The highest BCUT2D eigenvalue weighted by atomic mass is 16.4. The Labute approximate surface area is 98.8 Å². The Balaban J connectivity index is 2.00. The first-order valence-electron chi connectivity index (χ1n) is 6.62. The highest BCUT2D eigenvalue weighted by Gasteiger charge is 2.34. The summed E-state index contributed by atoms with van der Waals surface area (Å²) in [6, 6.07) is 0.567. The lowest BCUT2D eigenvalue weighted by molar-refractivity contribution is -0.148. The monoisotopic (exact) mass is 227 g/mol. The van der Waals surface area contributed by atoms with Crippen molar-refractivity contribution in [3.05, 3.63) is 0 Å². The third-order valence-electron chi connectivity index (χ3n) is 3.61. The van der Waals surface area contributed by atoms with Crippen molar-refractivity contribution in [2.45, 2.75) is 58.4 Å². The summed E-state index contributed by atoms with van der Waals surface area (Å²) in [7, 11) is 0. The fourth-order valence-corrected chi connectivity index (χ4v) is 2.25. The van der Waals surface area contributed by atoms with Gasteiger partial charge in [0, 0.05) is 19.1 Å². The first-order valence-corrected chi connectivity index (χ1v) is 6.62. The molecule has 1 heterocycles. The normalized spacial score (nSPS) is 19.4. The van der Waals surface area contributed by atoms with Crippen LogP contribution in [-0.2, 0) is 4.79 Å². The van der Waals surface area contributed by atoms with Crippen molar-refractivity contribution in [3.8, 4) is 0 Å². The second-order valence-corrected chi connectivity index (χ2v) is 5.04. The van der Waals surface area contributed by atoms with Gasteiger partial charge in [-0.05, 0) is 13.3 Å². The van der Waals surface area contributed by atoms with E-state index in [0.717, 1.165) is 13.1 Å². The Bertz CT molecular complexity index is 212. The molecule has 1 aliphatic heterocycles. The smallest absolute Gasteiger partial charge is 0.309 e. The van der Waals surface area contributed by atoms with Gasteiger partial charge in [0.05, 0.1) is 5.92 Å². The van der Waals surface area contributed by atoms with Crippen molar-refractivity contribution in [1.82, 2.24) is 4.90 Å². The summed E-state index contributed by atoms with van der Waals surface area (Å²) in [5.74, 6) is -0.742. The molecule has 0 aromatic carbocycles. The number of hydrogen-bond donors (Lipinski definition) is 1. The van der Waals surface area contributed by atoms with Crippen molar-refractivity contribution in [1.29, 1.82) is 0 Å². The Kier molecular flexibility index (Phi) is 5.81. The Morgan fingerprint density at radius 1 is 1.31 bits per heavy atom. The Morgan fingerprint density at radius 2 is 1.94 bits per heavy atom. The predicted molar refractivity (Wildman–Crippen MR) is 65.5 cm³/mol. The summed E-state index contributed by atoms with van der Waals surface area (Å²) in [5, 5.41) is 8.78. The largest absolute Gasteiger partial charge is 0.481 e. The van der Waals surface area contributed by atoms with Crippen molar-refractivity contribution in [2.75, 3.05) is 13.1 Å². The third-order valence-corrected chi connectivity index (χ3v) is 3.61. The fraction of sp³-hybridized carbons (Fsp3) is 0.923. The number of rotatable bonds is 8. The van der Waals surface area contributed by atoms with E-state index in [2.05, 4.69) is 18.7 Å². The minimum absolute atomic E-state index is 0.109. The number of aliphatic carboxylic acids is 1. The lowest BCUT2D eigenvalue weighted by Crippen LogP contribution is -2.53. The molecular weight excluding hydrogens is 202 g/mol. The van der Waals surface area contributed by atoms with Crippen LogP contribution in [0.2, 0.25) is 0 Å². The molecule has 3 heteroatoms. The number of unbranched alkanes of at least 4 members (excludes halogenated alkanes) is 4. The molecule has 0 spiro atoms. The van der Waals surface area contributed by atoms with Gasteiger partial charge in [-0.1, -0.05) is 39.0 Å². The fourth-order valence-electron chi connectivity index (χ4n) is 2.25. The highest BCUT2D eigenvalue weighted by molar-refractivity contribution is 5.71. The second kappa shape index (κ2) is 6.89. The minimum Gasteiger partial charge on any atom is -0.481 e. The summed E-state index contributed by atoms with van der Waals surface area (Å²) in [6.07, 6.45) is 7.82. The maximum atomic E-state index is 10.7. The zero-order chi connectivity index (χ0) is 12.0. The average molecular weight is 227 g/mol. The quantitative estimate of drug-likeness (QED) is 0.648. The van der Waals surface area contributed by atoms with Gasteiger partial charge in [-0.3, -0.25) is 9.69 Å². The molecular formula is C13H25NO2. The maximum absolute atomic E-state index is 10.7. The van der Waals surface area contributed by atoms with Crippen LogP contribution >= 0.6 is 0 Å². The standard InChI is InChI=1S/C13H25NO2/c1-3-4-5-6-7-8-11(2)14-9-12(10-14)13(15)16/h11-12H,3-10H2,1-2H3,(H,15,16). The summed E-state index contributed by atoms with van der Waals surface area (Å²) >= 11 is 0. The van der Waals surface area contributed by atoms with Gasteiger partial charge in [-0.2, -0.15) is 0 Å². The lowest BCUT2D eigenvalue weighted by Gasteiger charge is -2.41. The maximum Gasteiger partial charge on any atom is 0.309 e. The molecule has 16 heavy (non-hydrogen) atoms. The minimum atomic E-state index is -0.633. The van der Waals surface area contributed by atoms with Gasteiger partial charge in [0.15, 0.2) is 0 Å². The van der Waals surface area contributed by atoms with Gasteiger partial charge in [-0.15, -0.1) is 0 Å². The topological polar surface area (TPSA) is 40.5 Å². The molecule has 0 radical (unpaired) electrons. The molecule has 0 bridgehead atoms. The van der Waals surface area contributed by atoms with Crippen LogP contribution < -0.4 is 0 Å². The highest BCUT2D eigenvalue weighted by Crippen LogP contribution is 2.21. The summed E-state index contributed by atoms with van der Waals surface area (Å²) in [5.41, 5.74) is 0. The van der Waals surface area contributed by atoms with Crippen LogP contribution in [0.5, 0.6) is 0 Å². The van der Waals surface area contributed by atoms with Crippen LogP contribution in [0, 0.1) is 5.92 Å². The van der Waals surface area contributed by atoms with E-state index in [1.54, 1.807) is 0 Å².